The van der Waals surface area contributed by atoms with E-state index in [1.807, 2.05) is 48.5 Å². The first-order valence-corrected chi connectivity index (χ1v) is 9.79. The molecule has 3 aromatic carbocycles. The highest BCUT2D eigenvalue weighted by Gasteiger charge is 2.36. The first-order valence-electron chi connectivity index (χ1n) is 9.79. The Labute approximate surface area is 171 Å². The summed E-state index contributed by atoms with van der Waals surface area (Å²) >= 11 is 0. The lowest BCUT2D eigenvalue weighted by Gasteiger charge is -2.29. The van der Waals surface area contributed by atoms with Crippen molar-refractivity contribution in [2.45, 2.75) is 19.3 Å². The predicted molar refractivity (Wildman–Crippen MR) is 115 cm³/mol. The highest BCUT2D eigenvalue weighted by molar-refractivity contribution is 5.78. The monoisotopic (exact) mass is 378 g/mol. The predicted octanol–water partition coefficient (Wildman–Crippen LogP) is 5.43. The van der Waals surface area contributed by atoms with E-state index in [0.717, 1.165) is 22.3 Å². The van der Waals surface area contributed by atoms with Crippen LogP contribution in [0, 0.1) is 24.7 Å². The lowest BCUT2D eigenvalue weighted by molar-refractivity contribution is -0.144. The summed E-state index contributed by atoms with van der Waals surface area (Å²) in [6, 6.07) is 28.3. The molecule has 0 saturated carbocycles. The third kappa shape index (κ3) is 4.47. The first-order chi connectivity index (χ1) is 14.2. The highest BCUT2D eigenvalue weighted by atomic mass is 16.5. The van der Waals surface area contributed by atoms with E-state index >= 15 is 0 Å². The SMILES string of the molecule is Cc1ccc(C[C@@H]2C(=O)OC=C(C#Cc3ccccc3)[C@H]2c2ccccc2)cc1. The zero-order valence-electron chi connectivity index (χ0n) is 16.3. The fraction of sp³-hybridized carbons (Fsp3) is 0.148. The fourth-order valence-corrected chi connectivity index (χ4v) is 3.66. The van der Waals surface area contributed by atoms with Gasteiger partial charge in [0.2, 0.25) is 0 Å². The lowest BCUT2D eigenvalue weighted by atomic mass is 9.77. The number of hydrogen-bond acceptors (Lipinski definition) is 2. The van der Waals surface area contributed by atoms with Crippen molar-refractivity contribution >= 4 is 5.97 Å². The van der Waals surface area contributed by atoms with Crippen molar-refractivity contribution < 1.29 is 9.53 Å². The molecule has 0 aliphatic carbocycles. The molecule has 0 bridgehead atoms. The fourth-order valence-electron chi connectivity index (χ4n) is 3.66. The van der Waals surface area contributed by atoms with Gasteiger partial charge >= 0.3 is 5.97 Å². The van der Waals surface area contributed by atoms with Crippen LogP contribution in [0.1, 0.15) is 28.2 Å². The molecule has 0 fully saturated rings. The largest absolute Gasteiger partial charge is 0.433 e. The number of cyclic esters (lactones) is 1. The molecule has 0 unspecified atom stereocenters. The summed E-state index contributed by atoms with van der Waals surface area (Å²) in [5, 5.41) is 0. The Morgan fingerprint density at radius 1 is 0.828 bits per heavy atom. The van der Waals surface area contributed by atoms with E-state index in [2.05, 4.69) is 55.2 Å². The molecule has 0 spiro atoms. The molecule has 29 heavy (non-hydrogen) atoms. The van der Waals surface area contributed by atoms with E-state index in [4.69, 9.17) is 4.74 Å². The van der Waals surface area contributed by atoms with Crippen LogP contribution in [0.3, 0.4) is 0 Å². The average Bonchev–Trinajstić information content (AvgIpc) is 2.77. The molecule has 0 radical (unpaired) electrons. The average molecular weight is 378 g/mol. The van der Waals surface area contributed by atoms with Crippen molar-refractivity contribution in [2.24, 2.45) is 5.92 Å². The third-order valence-corrected chi connectivity index (χ3v) is 5.20. The van der Waals surface area contributed by atoms with Crippen LogP contribution in [0.2, 0.25) is 0 Å². The smallest absolute Gasteiger partial charge is 0.315 e. The highest BCUT2D eigenvalue weighted by Crippen LogP contribution is 2.38. The van der Waals surface area contributed by atoms with E-state index < -0.39 is 0 Å². The Bertz CT molecular complexity index is 1070. The van der Waals surface area contributed by atoms with Gasteiger partial charge in [0.25, 0.3) is 0 Å². The Kier molecular flexibility index (Phi) is 5.59. The number of ether oxygens (including phenoxy) is 1. The molecule has 3 aromatic rings. The van der Waals surface area contributed by atoms with Gasteiger partial charge in [-0.05, 0) is 36.6 Å². The topological polar surface area (TPSA) is 26.3 Å². The lowest BCUT2D eigenvalue weighted by Crippen LogP contribution is -2.30. The maximum atomic E-state index is 12.8. The van der Waals surface area contributed by atoms with Crippen LogP contribution in [0.4, 0.5) is 0 Å². The van der Waals surface area contributed by atoms with Crippen LogP contribution in [-0.4, -0.2) is 5.97 Å². The third-order valence-electron chi connectivity index (χ3n) is 5.20. The Balaban J connectivity index is 1.71. The minimum absolute atomic E-state index is 0.130. The molecule has 1 aliphatic heterocycles. The van der Waals surface area contributed by atoms with Crippen LogP contribution in [0.5, 0.6) is 0 Å². The minimum atomic E-state index is -0.315. The second kappa shape index (κ2) is 8.63. The van der Waals surface area contributed by atoms with Crippen molar-refractivity contribution in [1.29, 1.82) is 0 Å². The van der Waals surface area contributed by atoms with Gasteiger partial charge in [-0.25, -0.2) is 0 Å². The summed E-state index contributed by atoms with van der Waals surface area (Å²) in [4.78, 5) is 12.8. The van der Waals surface area contributed by atoms with Gasteiger partial charge < -0.3 is 4.74 Å². The molecule has 0 saturated heterocycles. The maximum Gasteiger partial charge on any atom is 0.315 e. The summed E-state index contributed by atoms with van der Waals surface area (Å²) in [7, 11) is 0. The minimum Gasteiger partial charge on any atom is -0.433 e. The van der Waals surface area contributed by atoms with E-state index in [1.165, 1.54) is 11.8 Å². The standard InChI is InChI=1S/C27H22O2/c1-20-12-14-22(15-13-20)18-25-26(23-10-6-3-7-11-23)24(19-29-27(25)28)17-16-21-8-4-2-5-9-21/h2-15,19,25-26H,18H2,1H3/t25-,26+/m0/s1. The van der Waals surface area contributed by atoms with Crippen LogP contribution >= 0.6 is 0 Å². The number of benzene rings is 3. The molecule has 1 heterocycles. The van der Waals surface area contributed by atoms with Gasteiger partial charge in [-0.15, -0.1) is 0 Å². The van der Waals surface area contributed by atoms with Crippen molar-refractivity contribution in [2.75, 3.05) is 0 Å². The number of hydrogen-bond donors (Lipinski definition) is 0. The van der Waals surface area contributed by atoms with E-state index in [1.54, 1.807) is 0 Å². The number of carbonyl (C=O) groups is 1. The van der Waals surface area contributed by atoms with E-state index in [9.17, 15) is 4.79 Å². The van der Waals surface area contributed by atoms with Gasteiger partial charge in [0, 0.05) is 17.1 Å². The molecule has 4 rings (SSSR count). The second-order valence-electron chi connectivity index (χ2n) is 7.31. The van der Waals surface area contributed by atoms with Crippen molar-refractivity contribution in [1.82, 2.24) is 0 Å². The summed E-state index contributed by atoms with van der Waals surface area (Å²) < 4.78 is 5.44. The number of aryl methyl sites for hydroxylation is 1. The molecule has 142 valence electrons. The zero-order chi connectivity index (χ0) is 20.1. The van der Waals surface area contributed by atoms with E-state index in [-0.39, 0.29) is 17.8 Å². The Morgan fingerprint density at radius 3 is 2.17 bits per heavy atom. The van der Waals surface area contributed by atoms with Crippen molar-refractivity contribution in [3.8, 4) is 11.8 Å². The quantitative estimate of drug-likeness (QED) is 0.449. The zero-order valence-corrected chi connectivity index (χ0v) is 16.3. The maximum absolute atomic E-state index is 12.8. The van der Waals surface area contributed by atoms with Crippen LogP contribution in [-0.2, 0) is 16.0 Å². The van der Waals surface area contributed by atoms with Gasteiger partial charge in [0.1, 0.15) is 6.26 Å². The van der Waals surface area contributed by atoms with Gasteiger partial charge in [0.05, 0.1) is 5.92 Å². The molecular weight excluding hydrogens is 356 g/mol. The van der Waals surface area contributed by atoms with Crippen LogP contribution < -0.4 is 0 Å². The molecule has 0 N–H and O–H groups in total. The molecule has 0 amide bonds. The van der Waals surface area contributed by atoms with Crippen molar-refractivity contribution in [3.63, 3.8) is 0 Å². The second-order valence-corrected chi connectivity index (χ2v) is 7.31. The van der Waals surface area contributed by atoms with Crippen LogP contribution in [0.15, 0.2) is 96.8 Å². The normalized spacial score (nSPS) is 18.2. The molecule has 2 heteroatoms. The number of allylic oxidation sites excluding steroid dienone is 1. The number of rotatable bonds is 3. The summed E-state index contributed by atoms with van der Waals surface area (Å²) in [6.07, 6.45) is 2.14. The number of carbonyl (C=O) groups excluding carboxylic acids is 1. The molecule has 2 nitrogen and oxygen atoms in total. The molecule has 0 aromatic heterocycles. The Hall–Kier alpha value is -3.57. The van der Waals surface area contributed by atoms with Gasteiger partial charge in [0.15, 0.2) is 0 Å². The first kappa shape index (κ1) is 18.8. The summed E-state index contributed by atoms with van der Waals surface area (Å²) in [5.74, 6) is 5.83. The van der Waals surface area contributed by atoms with Gasteiger partial charge in [-0.2, -0.15) is 0 Å². The summed E-state index contributed by atoms with van der Waals surface area (Å²) in [5.41, 5.74) is 5.17. The van der Waals surface area contributed by atoms with Crippen molar-refractivity contribution in [3.05, 3.63) is 119 Å². The van der Waals surface area contributed by atoms with Crippen LogP contribution in [0.25, 0.3) is 0 Å². The molecule has 2 atom stereocenters. The van der Waals surface area contributed by atoms with E-state index in [0.29, 0.717) is 6.42 Å². The molecule has 1 aliphatic rings. The number of esters is 1. The molecular formula is C27H22O2. The Morgan fingerprint density at radius 2 is 1.48 bits per heavy atom. The van der Waals surface area contributed by atoms with Gasteiger partial charge in [-0.1, -0.05) is 90.2 Å². The van der Waals surface area contributed by atoms with Gasteiger partial charge in [-0.3, -0.25) is 4.79 Å². The summed E-state index contributed by atoms with van der Waals surface area (Å²) in [6.45, 7) is 2.06.